The van der Waals surface area contributed by atoms with Crippen molar-refractivity contribution < 1.29 is 37.7 Å². The van der Waals surface area contributed by atoms with Crippen molar-refractivity contribution in [3.63, 3.8) is 0 Å². The van der Waals surface area contributed by atoms with E-state index in [1.54, 1.807) is 0 Å². The molecule has 2 amide bonds. The Morgan fingerprint density at radius 1 is 1.38 bits per heavy atom. The zero-order chi connectivity index (χ0) is 19.3. The molecule has 26 heavy (non-hydrogen) atoms. The van der Waals surface area contributed by atoms with Gasteiger partial charge in [-0.3, -0.25) is 14.4 Å². The number of carboxylic acid groups (broad SMARTS) is 1. The Bertz CT molecular complexity index is 700. The van der Waals surface area contributed by atoms with Gasteiger partial charge in [0.25, 0.3) is 12.4 Å². The van der Waals surface area contributed by atoms with Crippen LogP contribution >= 0.6 is 0 Å². The number of hydrogen-bond acceptors (Lipinski definition) is 5. The second-order valence-corrected chi connectivity index (χ2v) is 5.69. The van der Waals surface area contributed by atoms with Crippen molar-refractivity contribution in [3.05, 3.63) is 29.3 Å². The maximum atomic E-state index is 14.1. The maximum Gasteiger partial charge on any atom is 0.290 e. The molecule has 0 aliphatic carbocycles. The fourth-order valence-electron chi connectivity index (χ4n) is 2.86. The zero-order valence-electron chi connectivity index (χ0n) is 13.9. The van der Waals surface area contributed by atoms with Crippen molar-refractivity contribution in [3.8, 4) is 5.75 Å². The van der Waals surface area contributed by atoms with Gasteiger partial charge in [0.15, 0.2) is 11.6 Å². The molecule has 0 aromatic heterocycles. The number of carbonyl (C=O) groups is 3. The molecule has 0 unspecified atom stereocenters. The number of ether oxygens (including phenoxy) is 2. The molecule has 0 radical (unpaired) electrons. The molecule has 2 aliphatic rings. The summed E-state index contributed by atoms with van der Waals surface area (Å²) in [4.78, 5) is 34.4. The first-order valence-corrected chi connectivity index (χ1v) is 7.70. The number of amides is 2. The van der Waals surface area contributed by atoms with E-state index < -0.39 is 29.0 Å². The highest BCUT2D eigenvalue weighted by Gasteiger charge is 2.37. The molecule has 1 aromatic carbocycles. The molecule has 8 nitrogen and oxygen atoms in total. The number of methoxy groups -OCH3 is 1. The number of halogens is 2. The standard InChI is InChI=1S/C15H16F2N2O4.CH2O2/c1-22-11-3-2-10(16)13(17)12(11)15(21)19-4-8-6-23-7-9(5-19)18-14(8)20;2-1-3/h2-3,8-9H,4-7H2,1H3,(H,18,20);1H,(H,2,3)/t8-,9+;/m1./s1. The molecular formula is C16H18F2N2O6. The molecular weight excluding hydrogens is 354 g/mol. The lowest BCUT2D eigenvalue weighted by atomic mass is 10.1. The van der Waals surface area contributed by atoms with Crippen LogP contribution in [0.5, 0.6) is 5.75 Å². The summed E-state index contributed by atoms with van der Waals surface area (Å²) in [5.41, 5.74) is -0.458. The highest BCUT2D eigenvalue weighted by molar-refractivity contribution is 5.98. The SMILES string of the molecule is COc1ccc(F)c(F)c1C(=O)N1C[C@H]2COC[C@@H](C1)C(=O)N2.O=CO. The van der Waals surface area contributed by atoms with E-state index in [9.17, 15) is 18.4 Å². The summed E-state index contributed by atoms with van der Waals surface area (Å²) < 4.78 is 38.0. The van der Waals surface area contributed by atoms with Crippen LogP contribution in [0.4, 0.5) is 8.78 Å². The average Bonchev–Trinajstić information content (AvgIpc) is 2.85. The van der Waals surface area contributed by atoms with Gasteiger partial charge in [-0.25, -0.2) is 8.78 Å². The van der Waals surface area contributed by atoms with Crippen LogP contribution < -0.4 is 10.1 Å². The number of nitrogens with one attached hydrogen (secondary N) is 1. The normalized spacial score (nSPS) is 21.7. The Labute approximate surface area is 147 Å². The Morgan fingerprint density at radius 2 is 2.08 bits per heavy atom. The summed E-state index contributed by atoms with van der Waals surface area (Å²) in [6.45, 7) is 0.462. The van der Waals surface area contributed by atoms with E-state index in [1.807, 2.05) is 0 Å². The summed E-state index contributed by atoms with van der Waals surface area (Å²) in [5, 5.41) is 9.66. The number of benzene rings is 1. The Kier molecular flexibility index (Phi) is 6.45. The van der Waals surface area contributed by atoms with Gasteiger partial charge in [-0.1, -0.05) is 0 Å². The third-order valence-corrected chi connectivity index (χ3v) is 4.01. The third-order valence-electron chi connectivity index (χ3n) is 4.01. The summed E-state index contributed by atoms with van der Waals surface area (Å²) in [7, 11) is 1.28. The summed E-state index contributed by atoms with van der Waals surface area (Å²) in [6.07, 6.45) is 0. The molecule has 2 bridgehead atoms. The van der Waals surface area contributed by atoms with Gasteiger partial charge in [-0.05, 0) is 12.1 Å². The van der Waals surface area contributed by atoms with Crippen molar-refractivity contribution in [1.82, 2.24) is 10.2 Å². The van der Waals surface area contributed by atoms with Crippen molar-refractivity contribution in [1.29, 1.82) is 0 Å². The van der Waals surface area contributed by atoms with Crippen LogP contribution in [0.1, 0.15) is 10.4 Å². The van der Waals surface area contributed by atoms with Gasteiger partial charge in [-0.2, -0.15) is 0 Å². The van der Waals surface area contributed by atoms with Crippen LogP contribution in [0.2, 0.25) is 0 Å². The van der Waals surface area contributed by atoms with E-state index in [0.29, 0.717) is 0 Å². The minimum Gasteiger partial charge on any atom is -0.496 e. The smallest absolute Gasteiger partial charge is 0.290 e. The van der Waals surface area contributed by atoms with Crippen molar-refractivity contribution in [2.45, 2.75) is 6.04 Å². The fraction of sp³-hybridized carbons (Fsp3) is 0.438. The minimum absolute atomic E-state index is 0.0427. The first kappa shape index (κ1) is 19.6. The monoisotopic (exact) mass is 372 g/mol. The van der Waals surface area contributed by atoms with Gasteiger partial charge in [0.2, 0.25) is 5.91 Å². The maximum absolute atomic E-state index is 14.1. The highest BCUT2D eigenvalue weighted by atomic mass is 19.2. The Morgan fingerprint density at radius 3 is 2.73 bits per heavy atom. The number of nitrogens with zero attached hydrogens (tertiary/aromatic N) is 1. The topological polar surface area (TPSA) is 105 Å². The molecule has 1 aromatic rings. The molecule has 2 aliphatic heterocycles. The molecule has 0 saturated carbocycles. The fourth-order valence-corrected chi connectivity index (χ4v) is 2.86. The van der Waals surface area contributed by atoms with Crippen LogP contribution in [-0.4, -0.2) is 67.7 Å². The third kappa shape index (κ3) is 4.07. The first-order valence-electron chi connectivity index (χ1n) is 7.70. The number of fused-ring (bicyclic) bond motifs is 3. The van der Waals surface area contributed by atoms with Crippen molar-refractivity contribution in [2.24, 2.45) is 5.92 Å². The van der Waals surface area contributed by atoms with E-state index in [1.165, 1.54) is 18.1 Å². The van der Waals surface area contributed by atoms with Crippen molar-refractivity contribution >= 4 is 18.3 Å². The van der Waals surface area contributed by atoms with Crippen LogP contribution in [0.3, 0.4) is 0 Å². The van der Waals surface area contributed by atoms with Gasteiger partial charge >= 0.3 is 0 Å². The van der Waals surface area contributed by atoms with Gasteiger partial charge in [-0.15, -0.1) is 0 Å². The summed E-state index contributed by atoms with van der Waals surface area (Å²) in [6, 6.07) is 1.74. The molecule has 2 saturated heterocycles. The molecule has 0 spiro atoms. The van der Waals surface area contributed by atoms with Crippen LogP contribution in [0, 0.1) is 17.6 Å². The number of hydrogen-bond donors (Lipinski definition) is 2. The molecule has 10 heteroatoms. The van der Waals surface area contributed by atoms with E-state index >= 15 is 0 Å². The quantitative estimate of drug-likeness (QED) is 0.722. The zero-order valence-corrected chi connectivity index (χ0v) is 13.9. The summed E-state index contributed by atoms with van der Waals surface area (Å²) >= 11 is 0. The van der Waals surface area contributed by atoms with Gasteiger partial charge < -0.3 is 24.8 Å². The first-order chi connectivity index (χ1) is 12.4. The molecule has 2 heterocycles. The van der Waals surface area contributed by atoms with E-state index in [2.05, 4.69) is 5.32 Å². The number of carbonyl (C=O) groups excluding carboxylic acids is 2. The second-order valence-electron chi connectivity index (χ2n) is 5.69. The molecule has 2 N–H and O–H groups in total. The van der Waals surface area contributed by atoms with Gasteiger partial charge in [0, 0.05) is 13.1 Å². The van der Waals surface area contributed by atoms with E-state index in [-0.39, 0.29) is 50.5 Å². The predicted molar refractivity (Wildman–Crippen MR) is 83.7 cm³/mol. The predicted octanol–water partition coefficient (Wildman–Crippen LogP) is 0.261. The van der Waals surface area contributed by atoms with Crippen LogP contribution in [-0.2, 0) is 14.3 Å². The van der Waals surface area contributed by atoms with Crippen LogP contribution in [0.15, 0.2) is 12.1 Å². The Balaban J connectivity index is 0.000000758. The van der Waals surface area contributed by atoms with Crippen molar-refractivity contribution in [2.75, 3.05) is 33.4 Å². The second kappa shape index (κ2) is 8.56. The van der Waals surface area contributed by atoms with Gasteiger partial charge in [0.05, 0.1) is 32.3 Å². The van der Waals surface area contributed by atoms with Crippen LogP contribution in [0.25, 0.3) is 0 Å². The molecule has 2 fully saturated rings. The molecule has 142 valence electrons. The minimum atomic E-state index is -1.25. The highest BCUT2D eigenvalue weighted by Crippen LogP contribution is 2.26. The van der Waals surface area contributed by atoms with E-state index in [4.69, 9.17) is 19.4 Å². The molecule has 2 atom stereocenters. The largest absolute Gasteiger partial charge is 0.496 e. The lowest BCUT2D eigenvalue weighted by molar-refractivity contribution is -0.125. The van der Waals surface area contributed by atoms with E-state index in [0.717, 1.165) is 6.07 Å². The number of rotatable bonds is 2. The molecule has 3 rings (SSSR count). The lowest BCUT2D eigenvalue weighted by Crippen LogP contribution is -2.44. The van der Waals surface area contributed by atoms with Gasteiger partial charge in [0.1, 0.15) is 11.3 Å². The lowest BCUT2D eigenvalue weighted by Gasteiger charge is -2.28. The average molecular weight is 372 g/mol. The summed E-state index contributed by atoms with van der Waals surface area (Å²) in [5.74, 6) is -3.85. The Hall–Kier alpha value is -2.75.